The van der Waals surface area contributed by atoms with Crippen LogP contribution in [-0.2, 0) is 25.7 Å². The standard InChI is InChI=1S/C24H20N4/c1-3-7-15(8-4-1)17-11-19-23-20(12-17)26-28-22-14-18(16-9-5-2-6-10-16)13-21(24(22)23)27-25-19/h1-10,17-18H,11-14H2. The van der Waals surface area contributed by atoms with Crippen LogP contribution in [0.25, 0.3) is 10.8 Å². The van der Waals surface area contributed by atoms with Gasteiger partial charge in [0, 0.05) is 10.8 Å². The zero-order valence-electron chi connectivity index (χ0n) is 15.5. The SMILES string of the molecule is c1ccc(C2Cc3nnc4c5c(nnc(c35)C2)CC(c2ccccc2)C4)cc1. The van der Waals surface area contributed by atoms with E-state index in [1.165, 1.54) is 21.9 Å². The molecule has 2 aliphatic rings. The monoisotopic (exact) mass is 364 g/mol. The molecule has 0 spiro atoms. The van der Waals surface area contributed by atoms with E-state index in [4.69, 9.17) is 0 Å². The van der Waals surface area contributed by atoms with Gasteiger partial charge in [0.05, 0.1) is 22.8 Å². The fourth-order valence-electron chi connectivity index (χ4n) is 4.92. The van der Waals surface area contributed by atoms with Gasteiger partial charge in [0.2, 0.25) is 0 Å². The summed E-state index contributed by atoms with van der Waals surface area (Å²) in [5.41, 5.74) is 7.03. The van der Waals surface area contributed by atoms with E-state index in [9.17, 15) is 0 Å². The summed E-state index contributed by atoms with van der Waals surface area (Å²) in [4.78, 5) is 0. The van der Waals surface area contributed by atoms with Crippen LogP contribution in [0.1, 0.15) is 45.7 Å². The molecule has 4 aromatic rings. The van der Waals surface area contributed by atoms with Crippen molar-refractivity contribution in [2.75, 3.05) is 0 Å². The van der Waals surface area contributed by atoms with Gasteiger partial charge in [0.15, 0.2) is 0 Å². The second-order valence-corrected chi connectivity index (χ2v) is 7.97. The predicted molar refractivity (Wildman–Crippen MR) is 108 cm³/mol. The Hall–Kier alpha value is -3.14. The van der Waals surface area contributed by atoms with Crippen LogP contribution in [0.4, 0.5) is 0 Å². The third kappa shape index (κ3) is 2.44. The van der Waals surface area contributed by atoms with Gasteiger partial charge in [0.1, 0.15) is 0 Å². The Morgan fingerprint density at radius 1 is 0.464 bits per heavy atom. The molecule has 28 heavy (non-hydrogen) atoms. The van der Waals surface area contributed by atoms with Crippen molar-refractivity contribution >= 4 is 10.8 Å². The average Bonchev–Trinajstić information content (AvgIpc) is 2.78. The highest BCUT2D eigenvalue weighted by atomic mass is 15.1. The number of hydrogen-bond donors (Lipinski definition) is 0. The molecule has 2 heterocycles. The van der Waals surface area contributed by atoms with E-state index in [1.807, 2.05) is 0 Å². The fourth-order valence-corrected chi connectivity index (χ4v) is 4.92. The molecular formula is C24H20N4. The van der Waals surface area contributed by atoms with E-state index >= 15 is 0 Å². The number of aromatic nitrogens is 4. The van der Waals surface area contributed by atoms with Gasteiger partial charge in [-0.25, -0.2) is 0 Å². The summed E-state index contributed by atoms with van der Waals surface area (Å²) >= 11 is 0. The van der Waals surface area contributed by atoms with Crippen molar-refractivity contribution in [1.82, 2.24) is 20.4 Å². The molecule has 0 unspecified atom stereocenters. The van der Waals surface area contributed by atoms with Crippen LogP contribution in [0.5, 0.6) is 0 Å². The molecule has 0 fully saturated rings. The molecule has 0 saturated heterocycles. The predicted octanol–water partition coefficient (Wildman–Crippen LogP) is 4.18. The Kier molecular flexibility index (Phi) is 3.51. The summed E-state index contributed by atoms with van der Waals surface area (Å²) in [6.45, 7) is 0. The molecule has 0 radical (unpaired) electrons. The Morgan fingerprint density at radius 3 is 1.11 bits per heavy atom. The molecule has 136 valence electrons. The van der Waals surface area contributed by atoms with E-state index < -0.39 is 0 Å². The Morgan fingerprint density at radius 2 is 0.786 bits per heavy atom. The van der Waals surface area contributed by atoms with Crippen molar-refractivity contribution in [3.05, 3.63) is 94.6 Å². The van der Waals surface area contributed by atoms with E-state index in [1.54, 1.807) is 0 Å². The highest BCUT2D eigenvalue weighted by molar-refractivity contribution is 5.91. The Balaban J connectivity index is 1.43. The summed E-state index contributed by atoms with van der Waals surface area (Å²) < 4.78 is 0. The zero-order chi connectivity index (χ0) is 18.5. The topological polar surface area (TPSA) is 51.6 Å². The van der Waals surface area contributed by atoms with Gasteiger partial charge < -0.3 is 0 Å². The third-order valence-electron chi connectivity index (χ3n) is 6.29. The molecule has 2 aromatic heterocycles. The van der Waals surface area contributed by atoms with Crippen molar-refractivity contribution in [2.24, 2.45) is 0 Å². The van der Waals surface area contributed by atoms with Crippen LogP contribution in [0.3, 0.4) is 0 Å². The Labute approximate surface area is 163 Å². The highest BCUT2D eigenvalue weighted by Gasteiger charge is 2.31. The maximum absolute atomic E-state index is 4.67. The lowest BCUT2D eigenvalue weighted by Crippen LogP contribution is -2.22. The van der Waals surface area contributed by atoms with Gasteiger partial charge in [-0.3, -0.25) is 0 Å². The zero-order valence-corrected chi connectivity index (χ0v) is 15.5. The normalized spacial score (nSPS) is 16.4. The number of hydrogen-bond acceptors (Lipinski definition) is 4. The largest absolute Gasteiger partial charge is 0.155 e. The Bertz CT molecular complexity index is 1030. The lowest BCUT2D eigenvalue weighted by Gasteiger charge is -2.28. The second kappa shape index (κ2) is 6.20. The summed E-state index contributed by atoms with van der Waals surface area (Å²) in [5, 5.41) is 21.1. The van der Waals surface area contributed by atoms with Crippen LogP contribution in [-0.4, -0.2) is 20.4 Å². The lowest BCUT2D eigenvalue weighted by molar-refractivity contribution is 0.595. The molecule has 4 nitrogen and oxygen atoms in total. The molecule has 0 N–H and O–H groups in total. The average molecular weight is 364 g/mol. The first-order valence-electron chi connectivity index (χ1n) is 9.99. The van der Waals surface area contributed by atoms with Gasteiger partial charge in [-0.1, -0.05) is 60.7 Å². The van der Waals surface area contributed by atoms with Crippen LogP contribution >= 0.6 is 0 Å². The molecule has 0 atom stereocenters. The van der Waals surface area contributed by atoms with Crippen molar-refractivity contribution in [3.8, 4) is 0 Å². The van der Waals surface area contributed by atoms with Gasteiger partial charge in [-0.05, 0) is 48.6 Å². The second-order valence-electron chi connectivity index (χ2n) is 7.97. The quantitative estimate of drug-likeness (QED) is 0.535. The minimum absolute atomic E-state index is 0.400. The van der Waals surface area contributed by atoms with E-state index in [0.717, 1.165) is 48.5 Å². The molecular weight excluding hydrogens is 344 g/mol. The van der Waals surface area contributed by atoms with E-state index in [-0.39, 0.29) is 0 Å². The fraction of sp³-hybridized carbons (Fsp3) is 0.250. The maximum atomic E-state index is 4.67. The van der Waals surface area contributed by atoms with Crippen molar-refractivity contribution in [3.63, 3.8) is 0 Å². The molecule has 2 aliphatic carbocycles. The first-order valence-corrected chi connectivity index (χ1v) is 9.99. The number of nitrogens with zero attached hydrogens (tertiary/aromatic N) is 4. The summed E-state index contributed by atoms with van der Waals surface area (Å²) in [5.74, 6) is 0.800. The van der Waals surface area contributed by atoms with Crippen LogP contribution in [0.2, 0.25) is 0 Å². The van der Waals surface area contributed by atoms with Crippen molar-refractivity contribution < 1.29 is 0 Å². The maximum Gasteiger partial charge on any atom is 0.0735 e. The van der Waals surface area contributed by atoms with Crippen molar-refractivity contribution in [2.45, 2.75) is 37.5 Å². The van der Waals surface area contributed by atoms with Gasteiger partial charge in [0.25, 0.3) is 0 Å². The molecule has 0 saturated carbocycles. The van der Waals surface area contributed by atoms with Crippen LogP contribution in [0.15, 0.2) is 60.7 Å². The third-order valence-corrected chi connectivity index (χ3v) is 6.29. The highest BCUT2D eigenvalue weighted by Crippen LogP contribution is 2.40. The molecule has 6 rings (SSSR count). The van der Waals surface area contributed by atoms with Crippen LogP contribution < -0.4 is 0 Å². The van der Waals surface area contributed by atoms with Gasteiger partial charge in [-0.15, -0.1) is 0 Å². The molecule has 0 amide bonds. The van der Waals surface area contributed by atoms with Crippen molar-refractivity contribution in [1.29, 1.82) is 0 Å². The summed E-state index contributed by atoms with van der Waals surface area (Å²) in [6, 6.07) is 21.3. The minimum Gasteiger partial charge on any atom is -0.155 e. The number of rotatable bonds is 2. The smallest absolute Gasteiger partial charge is 0.0735 e. The first-order chi connectivity index (χ1) is 13.9. The van der Waals surface area contributed by atoms with E-state index in [2.05, 4.69) is 81.1 Å². The number of benzene rings is 2. The van der Waals surface area contributed by atoms with E-state index in [0.29, 0.717) is 11.8 Å². The van der Waals surface area contributed by atoms with Gasteiger partial charge in [-0.2, -0.15) is 20.4 Å². The lowest BCUT2D eigenvalue weighted by atomic mass is 9.79. The van der Waals surface area contributed by atoms with Gasteiger partial charge >= 0.3 is 0 Å². The summed E-state index contributed by atoms with van der Waals surface area (Å²) in [7, 11) is 0. The minimum atomic E-state index is 0.400. The van der Waals surface area contributed by atoms with Crippen LogP contribution in [0, 0.1) is 0 Å². The first kappa shape index (κ1) is 15.9. The molecule has 0 aliphatic heterocycles. The molecule has 0 bridgehead atoms. The molecule has 2 aromatic carbocycles. The molecule has 4 heteroatoms. The summed E-state index contributed by atoms with van der Waals surface area (Å²) in [6.07, 6.45) is 3.70.